The number of rotatable bonds is 3. The van der Waals surface area contributed by atoms with Crippen molar-refractivity contribution in [3.8, 4) is 12.3 Å². The highest BCUT2D eigenvalue weighted by molar-refractivity contribution is 5.08. The molecule has 0 aromatic rings. The molecular weight excluding hydrogens is 184 g/mol. The van der Waals surface area contributed by atoms with Crippen molar-refractivity contribution in [2.24, 2.45) is 5.73 Å². The van der Waals surface area contributed by atoms with Crippen molar-refractivity contribution < 1.29 is 0 Å². The van der Waals surface area contributed by atoms with Crippen LogP contribution in [0.5, 0.6) is 0 Å². The van der Waals surface area contributed by atoms with E-state index in [1.807, 2.05) is 0 Å². The molecule has 2 aliphatic heterocycles. The minimum atomic E-state index is 0.361. The summed E-state index contributed by atoms with van der Waals surface area (Å²) in [5.41, 5.74) is 6.06. The highest BCUT2D eigenvalue weighted by Gasteiger charge is 2.42. The van der Waals surface area contributed by atoms with Crippen LogP contribution in [0.1, 0.15) is 45.4 Å². The van der Waals surface area contributed by atoms with Gasteiger partial charge in [-0.1, -0.05) is 19.3 Å². The second kappa shape index (κ2) is 4.55. The lowest BCUT2D eigenvalue weighted by Gasteiger charge is -2.41. The molecule has 2 aliphatic rings. The summed E-state index contributed by atoms with van der Waals surface area (Å²) in [5, 5.41) is 0. The summed E-state index contributed by atoms with van der Waals surface area (Å²) in [6.45, 7) is 2.21. The van der Waals surface area contributed by atoms with E-state index >= 15 is 0 Å². The predicted molar refractivity (Wildman–Crippen MR) is 63.4 cm³/mol. The fraction of sp³-hybridized carbons (Fsp3) is 0.846. The van der Waals surface area contributed by atoms with Gasteiger partial charge in [0.05, 0.1) is 6.04 Å². The molecule has 3 unspecified atom stereocenters. The van der Waals surface area contributed by atoms with E-state index < -0.39 is 0 Å². The zero-order valence-corrected chi connectivity index (χ0v) is 9.65. The third-order valence-electron chi connectivity index (χ3n) is 3.94. The van der Waals surface area contributed by atoms with Gasteiger partial charge in [-0.05, 0) is 32.1 Å². The van der Waals surface area contributed by atoms with E-state index in [1.54, 1.807) is 0 Å². The largest absolute Gasteiger partial charge is 0.328 e. The van der Waals surface area contributed by atoms with Crippen LogP contribution in [-0.4, -0.2) is 29.1 Å². The molecule has 0 saturated carbocycles. The van der Waals surface area contributed by atoms with Crippen molar-refractivity contribution in [2.45, 2.75) is 69.6 Å². The molecule has 0 aliphatic carbocycles. The fourth-order valence-electron chi connectivity index (χ4n) is 3.36. The van der Waals surface area contributed by atoms with E-state index in [9.17, 15) is 0 Å². The summed E-state index contributed by atoms with van der Waals surface area (Å²) < 4.78 is 0. The molecule has 3 atom stereocenters. The highest BCUT2D eigenvalue weighted by Crippen LogP contribution is 2.37. The van der Waals surface area contributed by atoms with Gasteiger partial charge in [-0.15, -0.1) is 6.42 Å². The first kappa shape index (κ1) is 11.0. The zero-order chi connectivity index (χ0) is 10.8. The van der Waals surface area contributed by atoms with E-state index in [1.165, 1.54) is 19.3 Å². The van der Waals surface area contributed by atoms with Crippen molar-refractivity contribution in [2.75, 3.05) is 0 Å². The number of hydrogen-bond donors (Lipinski definition) is 1. The van der Waals surface area contributed by atoms with Gasteiger partial charge in [0, 0.05) is 18.1 Å². The van der Waals surface area contributed by atoms with Crippen LogP contribution in [0, 0.1) is 12.3 Å². The Balaban J connectivity index is 2.07. The van der Waals surface area contributed by atoms with Gasteiger partial charge in [-0.2, -0.15) is 0 Å². The first-order chi connectivity index (χ1) is 7.26. The van der Waals surface area contributed by atoms with Crippen LogP contribution in [-0.2, 0) is 0 Å². The van der Waals surface area contributed by atoms with Crippen LogP contribution in [0.25, 0.3) is 0 Å². The highest BCUT2D eigenvalue weighted by atomic mass is 15.2. The monoisotopic (exact) mass is 206 g/mol. The molecule has 2 bridgehead atoms. The second-order valence-corrected chi connectivity index (χ2v) is 5.03. The molecule has 0 radical (unpaired) electrons. The topological polar surface area (TPSA) is 29.3 Å². The smallest absolute Gasteiger partial charge is 0.0716 e. The fourth-order valence-corrected chi connectivity index (χ4v) is 3.36. The summed E-state index contributed by atoms with van der Waals surface area (Å²) in [6.07, 6.45) is 12.9. The lowest BCUT2D eigenvalue weighted by atomic mass is 9.95. The van der Waals surface area contributed by atoms with Crippen LogP contribution >= 0.6 is 0 Å². The summed E-state index contributed by atoms with van der Waals surface area (Å²) in [5.74, 6) is 2.97. The molecule has 0 aromatic carbocycles. The standard InChI is InChI=1S/C13H22N2/c1-3-5-11(4-2)15-12-6-7-13(15)9-10(14)8-12/h2,10-13H,3,5-9,14H2,1H3. The minimum Gasteiger partial charge on any atom is -0.328 e. The van der Waals surface area contributed by atoms with E-state index in [0.29, 0.717) is 24.2 Å². The molecule has 0 amide bonds. The third kappa shape index (κ3) is 2.04. The number of terminal acetylenes is 1. The first-order valence-electron chi connectivity index (χ1n) is 6.25. The summed E-state index contributed by atoms with van der Waals surface area (Å²) in [6, 6.07) is 2.12. The van der Waals surface area contributed by atoms with Crippen LogP contribution in [0.3, 0.4) is 0 Å². The Bertz CT molecular complexity index is 242. The number of hydrogen-bond acceptors (Lipinski definition) is 2. The van der Waals surface area contributed by atoms with Crippen LogP contribution in [0.15, 0.2) is 0 Å². The van der Waals surface area contributed by atoms with Crippen molar-refractivity contribution >= 4 is 0 Å². The first-order valence-corrected chi connectivity index (χ1v) is 6.25. The molecule has 2 nitrogen and oxygen atoms in total. The van der Waals surface area contributed by atoms with Crippen molar-refractivity contribution in [1.29, 1.82) is 0 Å². The van der Waals surface area contributed by atoms with Gasteiger partial charge in [0.2, 0.25) is 0 Å². The molecule has 2 saturated heterocycles. The second-order valence-electron chi connectivity index (χ2n) is 5.03. The van der Waals surface area contributed by atoms with E-state index in [-0.39, 0.29) is 0 Å². The van der Waals surface area contributed by atoms with E-state index in [0.717, 1.165) is 19.3 Å². The summed E-state index contributed by atoms with van der Waals surface area (Å²) in [7, 11) is 0. The summed E-state index contributed by atoms with van der Waals surface area (Å²) in [4.78, 5) is 2.59. The molecule has 0 aromatic heterocycles. The molecule has 2 heterocycles. The Hall–Kier alpha value is -0.520. The van der Waals surface area contributed by atoms with E-state index in [2.05, 4.69) is 17.7 Å². The lowest BCUT2D eigenvalue weighted by molar-refractivity contribution is 0.0978. The molecule has 2 N–H and O–H groups in total. The van der Waals surface area contributed by atoms with Gasteiger partial charge >= 0.3 is 0 Å². The van der Waals surface area contributed by atoms with Gasteiger partial charge in [0.15, 0.2) is 0 Å². The minimum absolute atomic E-state index is 0.361. The Labute approximate surface area is 93.2 Å². The van der Waals surface area contributed by atoms with Gasteiger partial charge in [0.1, 0.15) is 0 Å². The molecule has 2 fully saturated rings. The molecule has 15 heavy (non-hydrogen) atoms. The number of fused-ring (bicyclic) bond motifs is 2. The molecule has 2 rings (SSSR count). The SMILES string of the molecule is C#CC(CCC)N1C2CCC1CC(N)C2. The Kier molecular flexibility index (Phi) is 3.33. The normalized spacial score (nSPS) is 37.5. The predicted octanol–water partition coefficient (Wildman–Crippen LogP) is 1.74. The van der Waals surface area contributed by atoms with Crippen molar-refractivity contribution in [3.63, 3.8) is 0 Å². The number of nitrogens with two attached hydrogens (primary N) is 1. The summed E-state index contributed by atoms with van der Waals surface area (Å²) >= 11 is 0. The lowest BCUT2D eigenvalue weighted by Crippen LogP contribution is -2.51. The average molecular weight is 206 g/mol. The maximum atomic E-state index is 6.06. The molecule has 84 valence electrons. The Morgan fingerprint density at radius 2 is 2.00 bits per heavy atom. The molecule has 2 heteroatoms. The molecular formula is C13H22N2. The van der Waals surface area contributed by atoms with Gasteiger partial charge in [-0.3, -0.25) is 4.90 Å². The van der Waals surface area contributed by atoms with Crippen LogP contribution in [0.4, 0.5) is 0 Å². The zero-order valence-electron chi connectivity index (χ0n) is 9.65. The van der Waals surface area contributed by atoms with E-state index in [4.69, 9.17) is 12.2 Å². The van der Waals surface area contributed by atoms with Gasteiger partial charge < -0.3 is 5.73 Å². The maximum Gasteiger partial charge on any atom is 0.0716 e. The number of nitrogens with zero attached hydrogens (tertiary/aromatic N) is 1. The molecule has 0 spiro atoms. The van der Waals surface area contributed by atoms with Crippen molar-refractivity contribution in [1.82, 2.24) is 4.90 Å². The Morgan fingerprint density at radius 1 is 1.40 bits per heavy atom. The quantitative estimate of drug-likeness (QED) is 0.713. The Morgan fingerprint density at radius 3 is 2.47 bits per heavy atom. The average Bonchev–Trinajstić information content (AvgIpc) is 2.47. The van der Waals surface area contributed by atoms with Crippen LogP contribution in [0.2, 0.25) is 0 Å². The van der Waals surface area contributed by atoms with Crippen LogP contribution < -0.4 is 5.73 Å². The van der Waals surface area contributed by atoms with Gasteiger partial charge in [-0.25, -0.2) is 0 Å². The van der Waals surface area contributed by atoms with Crippen molar-refractivity contribution in [3.05, 3.63) is 0 Å². The number of piperidine rings is 1. The third-order valence-corrected chi connectivity index (χ3v) is 3.94. The maximum absolute atomic E-state index is 6.06. The van der Waals surface area contributed by atoms with Gasteiger partial charge in [0.25, 0.3) is 0 Å².